The number of aliphatic hydroxyl groups excluding tert-OH is 2. The number of carbonyl (C=O) groups excluding carboxylic acids is 3. The molecule has 0 aliphatic heterocycles. The van der Waals surface area contributed by atoms with Gasteiger partial charge in [0.15, 0.2) is 6.10 Å². The molecule has 0 aliphatic rings. The molecule has 16 nitrogen and oxygen atoms in total. The lowest BCUT2D eigenvalue weighted by atomic mass is 10.0. The number of allylic oxidation sites excluding steroid dienone is 14. The van der Waals surface area contributed by atoms with Crippen LogP contribution in [0, 0.1) is 0 Å². The Morgan fingerprint density at radius 1 is 0.289 bits per heavy atom. The van der Waals surface area contributed by atoms with Crippen LogP contribution in [-0.4, -0.2) is 95.9 Å². The third-order valence-electron chi connectivity index (χ3n) is 16.6. The summed E-state index contributed by atoms with van der Waals surface area (Å²) in [5.74, 6) is -1.59. The normalized spacial score (nSPS) is 14.5. The van der Waals surface area contributed by atoms with E-state index in [-0.39, 0.29) is 19.3 Å². The molecule has 0 amide bonds. The summed E-state index contributed by atoms with van der Waals surface area (Å²) in [5, 5.41) is 20.6. The maximum atomic E-state index is 12.9. The molecule has 0 aromatic carbocycles. The maximum absolute atomic E-state index is 12.9. The second-order valence-corrected chi connectivity index (χ2v) is 29.1. The summed E-state index contributed by atoms with van der Waals surface area (Å²) < 4.78 is 61.0. The van der Waals surface area contributed by atoms with E-state index in [0.717, 1.165) is 122 Å². The van der Waals surface area contributed by atoms with Crippen LogP contribution in [0.25, 0.3) is 0 Å². The number of carbonyl (C=O) groups is 3. The lowest BCUT2D eigenvalue weighted by molar-refractivity contribution is -0.161. The topological polar surface area (TPSA) is 231 Å². The van der Waals surface area contributed by atoms with Gasteiger partial charge >= 0.3 is 33.6 Å². The zero-order chi connectivity index (χ0) is 70.9. The number of hydrogen-bond acceptors (Lipinski definition) is 14. The smallest absolute Gasteiger partial charge is 0.463 e. The van der Waals surface area contributed by atoms with E-state index in [9.17, 15) is 43.5 Å². The fourth-order valence-corrected chi connectivity index (χ4v) is 12.2. The van der Waals surface area contributed by atoms with Gasteiger partial charge in [-0.2, -0.15) is 0 Å². The van der Waals surface area contributed by atoms with Gasteiger partial charge in [0.2, 0.25) is 0 Å². The summed E-state index contributed by atoms with van der Waals surface area (Å²) in [4.78, 5) is 58.4. The summed E-state index contributed by atoms with van der Waals surface area (Å²) in [7, 11) is -9.78. The summed E-state index contributed by atoms with van der Waals surface area (Å²) >= 11 is 0. The first-order valence-corrected chi connectivity index (χ1v) is 41.9. The summed E-state index contributed by atoms with van der Waals surface area (Å²) in [5.41, 5.74) is 0. The molecule has 4 N–H and O–H groups in total. The molecule has 0 spiro atoms. The maximum Gasteiger partial charge on any atom is 0.472 e. The molecule has 97 heavy (non-hydrogen) atoms. The van der Waals surface area contributed by atoms with Crippen LogP contribution in [-0.2, 0) is 55.8 Å². The summed E-state index contributed by atoms with van der Waals surface area (Å²) in [6.07, 6.45) is 80.8. The Morgan fingerprint density at radius 2 is 0.515 bits per heavy atom. The van der Waals surface area contributed by atoms with Crippen molar-refractivity contribution in [2.24, 2.45) is 0 Å². The first-order valence-electron chi connectivity index (χ1n) is 38.9. The number of hydrogen-bond donors (Lipinski definition) is 4. The van der Waals surface area contributed by atoms with Gasteiger partial charge in [0.05, 0.1) is 26.4 Å². The molecule has 0 bridgehead atoms. The molecule has 0 saturated heterocycles. The van der Waals surface area contributed by atoms with E-state index in [1.165, 1.54) is 161 Å². The lowest BCUT2D eigenvalue weighted by Gasteiger charge is -2.21. The van der Waals surface area contributed by atoms with E-state index < -0.39 is 91.5 Å². The van der Waals surface area contributed by atoms with Gasteiger partial charge in [-0.15, -0.1) is 0 Å². The Hall–Kier alpha value is -3.27. The first kappa shape index (κ1) is 93.7. The quantitative estimate of drug-likeness (QED) is 0.0146. The molecule has 0 aromatic heterocycles. The molecule has 0 aromatic rings. The standard InChI is InChI=1S/C79H142O16P2/c1-4-7-10-13-16-19-22-25-27-28-29-30-31-32-33-34-35-36-37-38-39-40-41-42-43-44-46-49-50-53-56-59-62-65-77(82)89-68-74(80)69-91-96(85,86)92-70-75(81)71-93-97(87,88)94-73-76(95-79(84)67-64-61-58-55-52-47-24-21-18-15-12-9-6-3)72-90-78(83)66-63-60-57-54-51-48-45-26-23-20-17-14-11-8-5-2/h16-17,19-21,24-27,29-30,32-33,45,74-76,80-81H,4-15,18,22-23,28,31,34-44,46-73H2,1-3H3,(H,85,86)(H,87,88)/b19-16-,20-17-,24-21-,27-25-,30-29-,33-32-,45-26-. The van der Waals surface area contributed by atoms with Gasteiger partial charge in [0.1, 0.15) is 25.4 Å². The Labute approximate surface area is 591 Å². The van der Waals surface area contributed by atoms with E-state index in [2.05, 4.69) is 106 Å². The minimum absolute atomic E-state index is 0.0934. The molecular formula is C79H142O16P2. The molecule has 18 heteroatoms. The van der Waals surface area contributed by atoms with Crippen LogP contribution in [0.2, 0.25) is 0 Å². The number of unbranched alkanes of at least 4 members (excludes halogenated alkanes) is 37. The largest absolute Gasteiger partial charge is 0.472 e. The van der Waals surface area contributed by atoms with Crippen LogP contribution in [0.5, 0.6) is 0 Å². The number of esters is 3. The van der Waals surface area contributed by atoms with Crippen LogP contribution in [0.4, 0.5) is 0 Å². The van der Waals surface area contributed by atoms with Crippen molar-refractivity contribution in [3.05, 3.63) is 85.1 Å². The predicted molar refractivity (Wildman–Crippen MR) is 399 cm³/mol. The van der Waals surface area contributed by atoms with Gasteiger partial charge in [-0.3, -0.25) is 32.5 Å². The molecule has 5 unspecified atom stereocenters. The first-order chi connectivity index (χ1) is 47.2. The van der Waals surface area contributed by atoms with Crippen molar-refractivity contribution in [2.75, 3.05) is 39.6 Å². The SMILES string of the molecule is CCCCC/C=C\C/C=C\C/C=C\C/C=C\CCCCCCCCCCCCCCCCCCCC(=O)OCC(O)COP(=O)(O)OCC(O)COP(=O)(O)OCC(COC(=O)CCCCCCC/C=C\C/C=C\CCCCC)OC(=O)CCCCCCC/C=C\CCCCCC. The second kappa shape index (κ2) is 72.5. The Kier molecular flexibility index (Phi) is 70.1. The van der Waals surface area contributed by atoms with Crippen molar-refractivity contribution in [1.82, 2.24) is 0 Å². The van der Waals surface area contributed by atoms with Crippen molar-refractivity contribution < 1.29 is 75.8 Å². The zero-order valence-corrected chi connectivity index (χ0v) is 63.3. The average Bonchev–Trinajstić information content (AvgIpc) is 1.49. The van der Waals surface area contributed by atoms with Gasteiger partial charge in [-0.05, 0) is 122 Å². The fourth-order valence-electron chi connectivity index (χ4n) is 10.6. The number of phosphoric acid groups is 2. The number of rotatable bonds is 74. The second-order valence-electron chi connectivity index (χ2n) is 26.2. The minimum atomic E-state index is -4.93. The van der Waals surface area contributed by atoms with Crippen molar-refractivity contribution in [1.29, 1.82) is 0 Å². The summed E-state index contributed by atoms with van der Waals surface area (Å²) in [6.45, 7) is 2.61. The fraction of sp³-hybridized carbons (Fsp3) is 0.785. The summed E-state index contributed by atoms with van der Waals surface area (Å²) in [6, 6.07) is 0. The number of phosphoric ester groups is 2. The van der Waals surface area contributed by atoms with Crippen LogP contribution >= 0.6 is 15.6 Å². The zero-order valence-electron chi connectivity index (χ0n) is 61.5. The molecule has 0 saturated carbocycles. The molecule has 0 radical (unpaired) electrons. The molecular weight excluding hydrogens is 1270 g/mol. The van der Waals surface area contributed by atoms with Crippen molar-refractivity contribution in [3.8, 4) is 0 Å². The predicted octanol–water partition coefficient (Wildman–Crippen LogP) is 22.4. The van der Waals surface area contributed by atoms with Crippen molar-refractivity contribution in [3.63, 3.8) is 0 Å². The van der Waals surface area contributed by atoms with E-state index in [4.69, 9.17) is 32.3 Å². The van der Waals surface area contributed by atoms with Gasteiger partial charge < -0.3 is 34.2 Å². The van der Waals surface area contributed by atoms with Gasteiger partial charge in [0, 0.05) is 19.3 Å². The molecule has 0 aliphatic carbocycles. The van der Waals surface area contributed by atoms with Crippen LogP contribution in [0.1, 0.15) is 342 Å². The highest BCUT2D eigenvalue weighted by molar-refractivity contribution is 7.47. The lowest BCUT2D eigenvalue weighted by Crippen LogP contribution is -2.30. The molecule has 5 atom stereocenters. The van der Waals surface area contributed by atoms with Crippen LogP contribution in [0.3, 0.4) is 0 Å². The van der Waals surface area contributed by atoms with Crippen molar-refractivity contribution >= 4 is 33.6 Å². The molecule has 564 valence electrons. The third-order valence-corrected chi connectivity index (χ3v) is 18.5. The Balaban J connectivity index is 4.35. The highest BCUT2D eigenvalue weighted by Gasteiger charge is 2.29. The monoisotopic (exact) mass is 1410 g/mol. The van der Waals surface area contributed by atoms with Gasteiger partial charge in [0.25, 0.3) is 0 Å². The van der Waals surface area contributed by atoms with E-state index in [1.54, 1.807) is 0 Å². The van der Waals surface area contributed by atoms with E-state index in [0.29, 0.717) is 19.3 Å². The number of aliphatic hydroxyl groups is 2. The molecule has 0 rings (SSSR count). The Morgan fingerprint density at radius 3 is 0.845 bits per heavy atom. The van der Waals surface area contributed by atoms with E-state index in [1.807, 2.05) is 0 Å². The van der Waals surface area contributed by atoms with Crippen LogP contribution in [0.15, 0.2) is 85.1 Å². The minimum Gasteiger partial charge on any atom is -0.463 e. The highest BCUT2D eigenvalue weighted by Crippen LogP contribution is 2.45. The van der Waals surface area contributed by atoms with Gasteiger partial charge in [-0.25, -0.2) is 9.13 Å². The Bertz CT molecular complexity index is 2110. The van der Waals surface area contributed by atoms with Crippen molar-refractivity contribution in [2.45, 2.75) is 360 Å². The van der Waals surface area contributed by atoms with Gasteiger partial charge in [-0.1, -0.05) is 286 Å². The molecule has 0 heterocycles. The average molecular weight is 1410 g/mol. The third kappa shape index (κ3) is 73.8. The van der Waals surface area contributed by atoms with E-state index >= 15 is 0 Å². The highest BCUT2D eigenvalue weighted by atomic mass is 31.2. The van der Waals surface area contributed by atoms with Crippen LogP contribution < -0.4 is 0 Å². The number of ether oxygens (including phenoxy) is 3. The molecule has 0 fully saturated rings.